The van der Waals surface area contributed by atoms with Crippen LogP contribution in [0.3, 0.4) is 0 Å². The van der Waals surface area contributed by atoms with Crippen molar-refractivity contribution < 1.29 is 13.1 Å². The van der Waals surface area contributed by atoms with Crippen molar-refractivity contribution >= 4 is 27.2 Å². The third-order valence-corrected chi connectivity index (χ3v) is 4.67. The van der Waals surface area contributed by atoms with E-state index in [-0.39, 0.29) is 6.04 Å². The molecule has 1 unspecified atom stereocenters. The molecule has 0 aromatic heterocycles. The lowest BCUT2D eigenvalue weighted by molar-refractivity contribution is 0.327. The molecule has 2 rings (SSSR count). The Bertz CT molecular complexity index is 441. The summed E-state index contributed by atoms with van der Waals surface area (Å²) in [6.07, 6.45) is 0.798. The van der Waals surface area contributed by atoms with Crippen molar-refractivity contribution in [3.8, 4) is 5.75 Å². The van der Waals surface area contributed by atoms with Crippen molar-refractivity contribution in [2.45, 2.75) is 12.5 Å². The number of methoxy groups -OCH3 is 1. The molecule has 4 nitrogen and oxygen atoms in total. The summed E-state index contributed by atoms with van der Waals surface area (Å²) in [6.45, 7) is 0.502. The normalized spacial score (nSPS) is 25.1. The summed E-state index contributed by atoms with van der Waals surface area (Å²) in [5, 5.41) is 0. The molecule has 0 aliphatic carbocycles. The lowest BCUT2D eigenvalue weighted by atomic mass is 10.1. The first-order valence-corrected chi connectivity index (χ1v) is 7.04. The highest BCUT2D eigenvalue weighted by molar-refractivity contribution is 9.10. The predicted molar refractivity (Wildman–Crippen MR) is 70.0 cm³/mol. The van der Waals surface area contributed by atoms with E-state index >= 15 is 0 Å². The second-order valence-electron chi connectivity index (χ2n) is 3.86. The van der Waals surface area contributed by atoms with Crippen LogP contribution in [0, 0.1) is 0 Å². The maximum absolute atomic E-state index is 11.3. The van der Waals surface area contributed by atoms with Crippen molar-refractivity contribution in [3.63, 3.8) is 0 Å². The summed E-state index contributed by atoms with van der Waals surface area (Å²) in [7, 11) is 3.45. The Kier molecular flexibility index (Phi) is 4.19. The Morgan fingerprint density at radius 1 is 1.65 bits per heavy atom. The fourth-order valence-electron chi connectivity index (χ4n) is 1.71. The fraction of sp³-hybridized carbons (Fsp3) is 0.455. The zero-order valence-corrected chi connectivity index (χ0v) is 12.1. The van der Waals surface area contributed by atoms with E-state index in [4.69, 9.17) is 8.92 Å². The van der Waals surface area contributed by atoms with Gasteiger partial charge in [0.25, 0.3) is 0 Å². The van der Waals surface area contributed by atoms with Gasteiger partial charge in [-0.25, -0.2) is 4.21 Å². The second-order valence-corrected chi connectivity index (χ2v) is 5.96. The Morgan fingerprint density at radius 2 is 2.41 bits per heavy atom. The lowest BCUT2D eigenvalue weighted by Gasteiger charge is -2.16. The van der Waals surface area contributed by atoms with Crippen LogP contribution in [0.25, 0.3) is 0 Å². The quantitative estimate of drug-likeness (QED) is 0.854. The van der Waals surface area contributed by atoms with Crippen LogP contribution < -0.4 is 4.74 Å². The van der Waals surface area contributed by atoms with Crippen LogP contribution in [0.1, 0.15) is 5.56 Å². The van der Waals surface area contributed by atoms with Gasteiger partial charge >= 0.3 is 0 Å². The summed E-state index contributed by atoms with van der Waals surface area (Å²) in [5.41, 5.74) is 1.16. The molecule has 1 aliphatic rings. The maximum Gasteiger partial charge on any atom is 0.237 e. The minimum atomic E-state index is -1.29. The summed E-state index contributed by atoms with van der Waals surface area (Å²) in [6, 6.07) is 6.02. The van der Waals surface area contributed by atoms with Crippen molar-refractivity contribution in [2.75, 3.05) is 20.8 Å². The maximum atomic E-state index is 11.3. The smallest absolute Gasteiger partial charge is 0.237 e. The first-order valence-electron chi connectivity index (χ1n) is 5.22. The number of halogens is 1. The van der Waals surface area contributed by atoms with Gasteiger partial charge < -0.3 is 4.74 Å². The molecule has 94 valence electrons. The molecule has 1 saturated heterocycles. The van der Waals surface area contributed by atoms with E-state index in [1.165, 1.54) is 0 Å². The van der Waals surface area contributed by atoms with Crippen LogP contribution >= 0.6 is 15.9 Å². The molecule has 0 saturated carbocycles. The third-order valence-electron chi connectivity index (χ3n) is 2.83. The standard InChI is InChI=1S/C11H14BrNO3S/c1-13-9(7-16-17(13)14)5-8-3-4-10(15-2)6-11(8)12/h3-4,6,9H,5,7H2,1-2H3/t9-,17?/m1/s1. The fourth-order valence-corrected chi connectivity index (χ4v) is 3.05. The van der Waals surface area contributed by atoms with Crippen LogP contribution in [0.15, 0.2) is 22.7 Å². The number of rotatable bonds is 3. The van der Waals surface area contributed by atoms with Crippen LogP contribution in [0.2, 0.25) is 0 Å². The van der Waals surface area contributed by atoms with Crippen LogP contribution in [-0.2, 0) is 21.9 Å². The monoisotopic (exact) mass is 319 g/mol. The van der Waals surface area contributed by atoms with Gasteiger partial charge in [0.1, 0.15) is 5.75 Å². The van der Waals surface area contributed by atoms with Gasteiger partial charge in [-0.15, -0.1) is 0 Å². The van der Waals surface area contributed by atoms with E-state index in [2.05, 4.69) is 15.9 Å². The van der Waals surface area contributed by atoms with Crippen LogP contribution in [-0.4, -0.2) is 35.3 Å². The zero-order chi connectivity index (χ0) is 12.4. The molecule has 17 heavy (non-hydrogen) atoms. The molecule has 0 amide bonds. The minimum absolute atomic E-state index is 0.153. The van der Waals surface area contributed by atoms with Gasteiger partial charge in [-0.2, -0.15) is 4.31 Å². The summed E-state index contributed by atoms with van der Waals surface area (Å²) >= 11 is 2.22. The largest absolute Gasteiger partial charge is 0.497 e. The number of benzene rings is 1. The topological polar surface area (TPSA) is 38.8 Å². The highest BCUT2D eigenvalue weighted by Crippen LogP contribution is 2.26. The summed E-state index contributed by atoms with van der Waals surface area (Å²) in [4.78, 5) is 0. The molecule has 1 fully saturated rings. The molecular weight excluding hydrogens is 306 g/mol. The van der Waals surface area contributed by atoms with Gasteiger partial charge in [-0.3, -0.25) is 4.18 Å². The molecule has 1 aromatic carbocycles. The van der Waals surface area contributed by atoms with E-state index in [0.717, 1.165) is 22.2 Å². The van der Waals surface area contributed by atoms with E-state index in [1.54, 1.807) is 11.4 Å². The van der Waals surface area contributed by atoms with E-state index in [9.17, 15) is 4.21 Å². The summed E-state index contributed by atoms with van der Waals surface area (Å²) in [5.74, 6) is 0.820. The zero-order valence-electron chi connectivity index (χ0n) is 9.68. The predicted octanol–water partition coefficient (Wildman–Crippen LogP) is 1.91. The van der Waals surface area contributed by atoms with Crippen molar-refractivity contribution in [3.05, 3.63) is 28.2 Å². The molecule has 2 atom stereocenters. The van der Waals surface area contributed by atoms with Gasteiger partial charge in [0.05, 0.1) is 19.8 Å². The minimum Gasteiger partial charge on any atom is -0.497 e. The van der Waals surface area contributed by atoms with E-state index < -0.39 is 11.3 Å². The van der Waals surface area contributed by atoms with Crippen LogP contribution in [0.4, 0.5) is 0 Å². The highest BCUT2D eigenvalue weighted by atomic mass is 79.9. The number of likely N-dealkylation sites (N-methyl/N-ethyl adjacent to an activating group) is 1. The van der Waals surface area contributed by atoms with E-state index in [1.807, 2.05) is 25.2 Å². The van der Waals surface area contributed by atoms with Gasteiger partial charge in [0, 0.05) is 11.5 Å². The van der Waals surface area contributed by atoms with Gasteiger partial charge in [-0.1, -0.05) is 22.0 Å². The van der Waals surface area contributed by atoms with Crippen LogP contribution in [0.5, 0.6) is 5.75 Å². The average molecular weight is 320 g/mol. The first kappa shape index (κ1) is 13.0. The average Bonchev–Trinajstić information content (AvgIpc) is 2.63. The summed E-state index contributed by atoms with van der Waals surface area (Å²) < 4.78 is 24.3. The SMILES string of the molecule is COc1ccc(C[C@@H]2COS(=O)N2C)c(Br)c1. The Labute approximate surface area is 112 Å². The number of nitrogens with zero attached hydrogens (tertiary/aromatic N) is 1. The molecule has 1 aliphatic heterocycles. The van der Waals surface area contributed by atoms with Crippen molar-refractivity contribution in [1.82, 2.24) is 4.31 Å². The van der Waals surface area contributed by atoms with Gasteiger partial charge in [-0.05, 0) is 24.1 Å². The molecule has 1 heterocycles. The highest BCUT2D eigenvalue weighted by Gasteiger charge is 2.29. The molecule has 0 spiro atoms. The Balaban J connectivity index is 2.11. The molecule has 0 N–H and O–H groups in total. The Hall–Kier alpha value is -0.430. The molecule has 1 aromatic rings. The second kappa shape index (κ2) is 5.48. The first-order chi connectivity index (χ1) is 8.11. The van der Waals surface area contributed by atoms with Gasteiger partial charge in [0.15, 0.2) is 0 Å². The van der Waals surface area contributed by atoms with Crippen molar-refractivity contribution in [2.24, 2.45) is 0 Å². The number of ether oxygens (including phenoxy) is 1. The molecule has 6 heteroatoms. The van der Waals surface area contributed by atoms with Crippen molar-refractivity contribution in [1.29, 1.82) is 0 Å². The number of hydrogen-bond donors (Lipinski definition) is 0. The lowest BCUT2D eigenvalue weighted by Crippen LogP contribution is -2.29. The van der Waals surface area contributed by atoms with Gasteiger partial charge in [0.2, 0.25) is 11.3 Å². The number of hydrogen-bond acceptors (Lipinski definition) is 3. The van der Waals surface area contributed by atoms with E-state index in [0.29, 0.717) is 6.61 Å². The third kappa shape index (κ3) is 2.88. The molecule has 0 radical (unpaired) electrons. The molecule has 0 bridgehead atoms. The molecular formula is C11H14BrNO3S. The Morgan fingerprint density at radius 3 is 2.94 bits per heavy atom.